The first-order valence-corrected chi connectivity index (χ1v) is 6.01. The predicted molar refractivity (Wildman–Crippen MR) is 57.5 cm³/mol. The van der Waals surface area contributed by atoms with Gasteiger partial charge < -0.3 is 15.4 Å². The lowest BCUT2D eigenvalue weighted by Gasteiger charge is -2.27. The molecular weight excluding hydrogens is 176 g/mol. The fourth-order valence-corrected chi connectivity index (χ4v) is 2.06. The summed E-state index contributed by atoms with van der Waals surface area (Å²) in [5.41, 5.74) is 0. The van der Waals surface area contributed by atoms with Crippen molar-refractivity contribution in [3.8, 4) is 0 Å². The van der Waals surface area contributed by atoms with Gasteiger partial charge in [-0.3, -0.25) is 0 Å². The van der Waals surface area contributed by atoms with Crippen LogP contribution in [-0.4, -0.2) is 38.4 Å². The molecule has 82 valence electrons. The molecule has 1 heterocycles. The lowest BCUT2D eigenvalue weighted by molar-refractivity contribution is 0.0328. The number of piperidine rings is 1. The zero-order chi connectivity index (χ0) is 9.64. The van der Waals surface area contributed by atoms with E-state index in [0.717, 1.165) is 32.3 Å². The van der Waals surface area contributed by atoms with Crippen molar-refractivity contribution in [2.75, 3.05) is 26.2 Å². The van der Waals surface area contributed by atoms with Gasteiger partial charge in [0, 0.05) is 12.6 Å². The van der Waals surface area contributed by atoms with Crippen molar-refractivity contribution < 1.29 is 4.74 Å². The van der Waals surface area contributed by atoms with Crippen molar-refractivity contribution >= 4 is 0 Å². The molecule has 0 aromatic rings. The lowest BCUT2D eigenvalue weighted by Crippen LogP contribution is -2.38. The molecule has 0 atom stereocenters. The lowest BCUT2D eigenvalue weighted by atomic mass is 9.93. The summed E-state index contributed by atoms with van der Waals surface area (Å²) < 4.78 is 5.80. The maximum Gasteiger partial charge on any atom is 0.0600 e. The summed E-state index contributed by atoms with van der Waals surface area (Å²) in [5.74, 6) is 0. The Morgan fingerprint density at radius 3 is 2.57 bits per heavy atom. The highest BCUT2D eigenvalue weighted by Crippen LogP contribution is 2.17. The van der Waals surface area contributed by atoms with Crippen LogP contribution in [0.5, 0.6) is 0 Å². The average Bonchev–Trinajstić information content (AvgIpc) is 2.16. The van der Waals surface area contributed by atoms with Gasteiger partial charge in [0.2, 0.25) is 0 Å². The summed E-state index contributed by atoms with van der Waals surface area (Å²) >= 11 is 0. The molecule has 3 nitrogen and oxygen atoms in total. The molecule has 2 fully saturated rings. The third kappa shape index (κ3) is 3.23. The molecule has 0 unspecified atom stereocenters. The van der Waals surface area contributed by atoms with Crippen LogP contribution < -0.4 is 10.6 Å². The van der Waals surface area contributed by atoms with Crippen molar-refractivity contribution in [2.45, 2.75) is 44.2 Å². The maximum absolute atomic E-state index is 5.80. The van der Waals surface area contributed by atoms with E-state index < -0.39 is 0 Å². The molecule has 0 bridgehead atoms. The maximum atomic E-state index is 5.80. The van der Waals surface area contributed by atoms with E-state index in [0.29, 0.717) is 6.10 Å². The van der Waals surface area contributed by atoms with Gasteiger partial charge in [0.1, 0.15) is 0 Å². The Morgan fingerprint density at radius 1 is 1.14 bits per heavy atom. The summed E-state index contributed by atoms with van der Waals surface area (Å²) in [6.07, 6.45) is 7.03. The van der Waals surface area contributed by atoms with E-state index in [1.165, 1.54) is 32.1 Å². The van der Waals surface area contributed by atoms with Crippen LogP contribution in [0.2, 0.25) is 0 Å². The van der Waals surface area contributed by atoms with Crippen molar-refractivity contribution in [1.29, 1.82) is 0 Å². The highest BCUT2D eigenvalue weighted by atomic mass is 16.5. The average molecular weight is 198 g/mol. The van der Waals surface area contributed by atoms with E-state index in [1.54, 1.807) is 0 Å². The molecule has 1 aliphatic carbocycles. The van der Waals surface area contributed by atoms with Gasteiger partial charge in [-0.05, 0) is 38.8 Å². The van der Waals surface area contributed by atoms with Gasteiger partial charge in [-0.2, -0.15) is 0 Å². The summed E-state index contributed by atoms with van der Waals surface area (Å²) in [7, 11) is 0. The van der Waals surface area contributed by atoms with Crippen molar-refractivity contribution in [1.82, 2.24) is 10.6 Å². The molecule has 0 amide bonds. The Morgan fingerprint density at radius 2 is 1.93 bits per heavy atom. The molecule has 1 saturated carbocycles. The Bertz CT molecular complexity index is 153. The zero-order valence-electron chi connectivity index (χ0n) is 8.93. The largest absolute Gasteiger partial charge is 0.377 e. The quantitative estimate of drug-likeness (QED) is 0.644. The van der Waals surface area contributed by atoms with Gasteiger partial charge in [0.15, 0.2) is 0 Å². The van der Waals surface area contributed by atoms with E-state index >= 15 is 0 Å². The zero-order valence-corrected chi connectivity index (χ0v) is 8.93. The molecule has 1 aliphatic heterocycles. The van der Waals surface area contributed by atoms with E-state index in [2.05, 4.69) is 10.6 Å². The van der Waals surface area contributed by atoms with Crippen molar-refractivity contribution in [3.63, 3.8) is 0 Å². The van der Waals surface area contributed by atoms with Crippen LogP contribution in [0, 0.1) is 0 Å². The predicted octanol–water partition coefficient (Wildman–Crippen LogP) is 0.897. The van der Waals surface area contributed by atoms with Crippen LogP contribution in [0.4, 0.5) is 0 Å². The molecule has 0 spiro atoms. The molecule has 0 aromatic heterocycles. The molecule has 2 rings (SSSR count). The Hall–Kier alpha value is -0.120. The number of ether oxygens (including phenoxy) is 1. The topological polar surface area (TPSA) is 33.3 Å². The normalized spacial score (nSPS) is 24.9. The molecule has 1 saturated heterocycles. The van der Waals surface area contributed by atoms with Crippen molar-refractivity contribution in [3.05, 3.63) is 0 Å². The first-order valence-electron chi connectivity index (χ1n) is 6.01. The summed E-state index contributed by atoms with van der Waals surface area (Å²) in [6.45, 7) is 4.18. The minimum atomic E-state index is 0.513. The van der Waals surface area contributed by atoms with E-state index in [9.17, 15) is 0 Å². The third-order valence-electron chi connectivity index (χ3n) is 3.28. The van der Waals surface area contributed by atoms with Gasteiger partial charge in [0.25, 0.3) is 0 Å². The minimum absolute atomic E-state index is 0.513. The second-order valence-electron chi connectivity index (χ2n) is 4.40. The van der Waals surface area contributed by atoms with Gasteiger partial charge in [-0.15, -0.1) is 0 Å². The molecule has 2 aliphatic rings. The van der Waals surface area contributed by atoms with Crippen LogP contribution in [0.25, 0.3) is 0 Å². The number of rotatable bonds is 5. The standard InChI is InChI=1S/C11H22N2O/c1-2-10(3-1)13-8-9-14-11-4-6-12-7-5-11/h10-13H,1-9H2. The Kier molecular flexibility index (Phi) is 4.22. The summed E-state index contributed by atoms with van der Waals surface area (Å²) in [4.78, 5) is 0. The third-order valence-corrected chi connectivity index (χ3v) is 3.28. The van der Waals surface area contributed by atoms with Gasteiger partial charge in [0.05, 0.1) is 12.7 Å². The van der Waals surface area contributed by atoms with Crippen LogP contribution in [0.1, 0.15) is 32.1 Å². The fourth-order valence-electron chi connectivity index (χ4n) is 2.06. The van der Waals surface area contributed by atoms with E-state index in [-0.39, 0.29) is 0 Å². The molecule has 3 heteroatoms. The van der Waals surface area contributed by atoms with Gasteiger partial charge in [-0.1, -0.05) is 6.42 Å². The van der Waals surface area contributed by atoms with Crippen LogP contribution in [0.3, 0.4) is 0 Å². The first-order chi connectivity index (χ1) is 6.95. The van der Waals surface area contributed by atoms with Crippen LogP contribution in [-0.2, 0) is 4.74 Å². The van der Waals surface area contributed by atoms with Gasteiger partial charge in [-0.25, -0.2) is 0 Å². The Labute approximate surface area is 86.6 Å². The van der Waals surface area contributed by atoms with E-state index in [1.807, 2.05) is 0 Å². The number of hydrogen-bond acceptors (Lipinski definition) is 3. The summed E-state index contributed by atoms with van der Waals surface area (Å²) in [6, 6.07) is 0.798. The first kappa shape index (κ1) is 10.4. The molecule has 2 N–H and O–H groups in total. The smallest absolute Gasteiger partial charge is 0.0600 e. The van der Waals surface area contributed by atoms with Crippen LogP contribution in [0.15, 0.2) is 0 Å². The fraction of sp³-hybridized carbons (Fsp3) is 1.00. The molecule has 0 radical (unpaired) electrons. The summed E-state index contributed by atoms with van der Waals surface area (Å²) in [5, 5.41) is 6.86. The number of nitrogens with one attached hydrogen (secondary N) is 2. The highest BCUT2D eigenvalue weighted by Gasteiger charge is 2.16. The molecule has 0 aromatic carbocycles. The van der Waals surface area contributed by atoms with Crippen LogP contribution >= 0.6 is 0 Å². The second-order valence-corrected chi connectivity index (χ2v) is 4.40. The molecular formula is C11H22N2O. The highest BCUT2D eigenvalue weighted by molar-refractivity contribution is 4.76. The number of hydrogen-bond donors (Lipinski definition) is 2. The molecule has 14 heavy (non-hydrogen) atoms. The van der Waals surface area contributed by atoms with E-state index in [4.69, 9.17) is 4.74 Å². The van der Waals surface area contributed by atoms with Gasteiger partial charge >= 0.3 is 0 Å². The second kappa shape index (κ2) is 5.69. The monoisotopic (exact) mass is 198 g/mol. The van der Waals surface area contributed by atoms with Crippen molar-refractivity contribution in [2.24, 2.45) is 0 Å². The Balaban J connectivity index is 1.45. The minimum Gasteiger partial charge on any atom is -0.377 e. The SMILES string of the molecule is C1CC(NCCOC2CCNCC2)C1.